The Morgan fingerprint density at radius 2 is 2.07 bits per heavy atom. The maximum absolute atomic E-state index is 13.2. The van der Waals surface area contributed by atoms with Gasteiger partial charge in [-0.15, -0.1) is 0 Å². The van der Waals surface area contributed by atoms with Crippen LogP contribution in [0.2, 0.25) is 0 Å². The molecule has 0 radical (unpaired) electrons. The second-order valence-electron chi connectivity index (χ2n) is 8.76. The smallest absolute Gasteiger partial charge is 0.174 e. The van der Waals surface area contributed by atoms with Crippen molar-refractivity contribution >= 4 is 28.4 Å². The molecule has 0 amide bonds. The van der Waals surface area contributed by atoms with Crippen LogP contribution in [-0.4, -0.2) is 18.5 Å². The number of ether oxygens (including phenoxy) is 2. The van der Waals surface area contributed by atoms with Crippen LogP contribution in [-0.2, 0) is 4.79 Å². The molecule has 1 atom stereocenters. The lowest BCUT2D eigenvalue weighted by atomic mass is 9.69. The second kappa shape index (κ2) is 8.50. The van der Waals surface area contributed by atoms with Crippen LogP contribution >= 0.6 is 22.6 Å². The molecule has 0 aromatic heterocycles. The van der Waals surface area contributed by atoms with E-state index in [9.17, 15) is 10.1 Å². The van der Waals surface area contributed by atoms with Gasteiger partial charge in [-0.1, -0.05) is 13.8 Å². The number of dihydropyridines is 1. The fourth-order valence-electron chi connectivity index (χ4n) is 4.14. The average Bonchev–Trinajstić information content (AvgIpc) is 2.62. The summed E-state index contributed by atoms with van der Waals surface area (Å²) in [5, 5.41) is 13.0. The van der Waals surface area contributed by atoms with Gasteiger partial charge in [0.1, 0.15) is 5.82 Å². The van der Waals surface area contributed by atoms with Gasteiger partial charge in [-0.25, -0.2) is 0 Å². The Morgan fingerprint density at radius 1 is 1.37 bits per heavy atom. The fourth-order valence-corrected chi connectivity index (χ4v) is 4.89. The molecule has 1 aliphatic heterocycles. The van der Waals surface area contributed by atoms with Crippen molar-refractivity contribution in [3.05, 3.63) is 43.9 Å². The highest BCUT2D eigenvalue weighted by Crippen LogP contribution is 2.47. The number of nitrogens with two attached hydrogens (primary N) is 1. The van der Waals surface area contributed by atoms with E-state index in [1.807, 2.05) is 32.9 Å². The molecule has 0 bridgehead atoms. The summed E-state index contributed by atoms with van der Waals surface area (Å²) in [5.74, 6) is 1.12. The molecule has 30 heavy (non-hydrogen) atoms. The summed E-state index contributed by atoms with van der Waals surface area (Å²) in [5.41, 5.74) is 8.69. The Hall–Kier alpha value is -2.21. The molecule has 7 heteroatoms. The molecule has 0 fully saturated rings. The van der Waals surface area contributed by atoms with Crippen LogP contribution in [0.3, 0.4) is 0 Å². The van der Waals surface area contributed by atoms with E-state index in [-0.39, 0.29) is 17.3 Å². The van der Waals surface area contributed by atoms with E-state index in [2.05, 4.69) is 47.8 Å². The first-order chi connectivity index (χ1) is 14.1. The van der Waals surface area contributed by atoms with E-state index in [0.29, 0.717) is 47.9 Å². The average molecular weight is 521 g/mol. The largest absolute Gasteiger partial charge is 0.490 e. The van der Waals surface area contributed by atoms with Crippen molar-refractivity contribution in [2.75, 3.05) is 6.61 Å². The lowest BCUT2D eigenvalue weighted by molar-refractivity contribution is -0.118. The van der Waals surface area contributed by atoms with Crippen LogP contribution in [0.1, 0.15) is 58.9 Å². The van der Waals surface area contributed by atoms with Crippen molar-refractivity contribution in [3.63, 3.8) is 0 Å². The van der Waals surface area contributed by atoms with Gasteiger partial charge in [0.25, 0.3) is 0 Å². The quantitative estimate of drug-likeness (QED) is 0.554. The molecule has 3 rings (SSSR count). The SMILES string of the molecule is CCOc1cc([C@@H]2C(C#N)=C(N)NC3=C2C(=O)CC(C)(C)C3)cc(I)c1OC(C)C. The van der Waals surface area contributed by atoms with Crippen molar-refractivity contribution in [1.29, 1.82) is 5.26 Å². The molecule has 160 valence electrons. The topological polar surface area (TPSA) is 97.4 Å². The Labute approximate surface area is 191 Å². The summed E-state index contributed by atoms with van der Waals surface area (Å²) in [4.78, 5) is 13.2. The first kappa shape index (κ1) is 22.5. The minimum atomic E-state index is -0.518. The zero-order chi connectivity index (χ0) is 22.2. The van der Waals surface area contributed by atoms with E-state index < -0.39 is 5.92 Å². The normalized spacial score (nSPS) is 20.6. The fraction of sp³-hybridized carbons (Fsp3) is 0.478. The van der Waals surface area contributed by atoms with Crippen molar-refractivity contribution in [1.82, 2.24) is 5.32 Å². The van der Waals surface area contributed by atoms with E-state index in [4.69, 9.17) is 15.2 Å². The molecule has 0 unspecified atom stereocenters. The Bertz CT molecular complexity index is 986. The van der Waals surface area contributed by atoms with Crippen molar-refractivity contribution in [2.24, 2.45) is 11.1 Å². The van der Waals surface area contributed by atoms with Gasteiger partial charge in [-0.3, -0.25) is 4.79 Å². The number of rotatable bonds is 5. The zero-order valence-corrected chi connectivity index (χ0v) is 20.2. The third-order valence-corrected chi connectivity index (χ3v) is 6.01. The zero-order valence-electron chi connectivity index (χ0n) is 18.1. The number of allylic oxidation sites excluding steroid dienone is 3. The number of carbonyl (C=O) groups excluding carboxylic acids is 1. The van der Waals surface area contributed by atoms with Gasteiger partial charge in [0.15, 0.2) is 17.3 Å². The molecule has 1 aromatic carbocycles. The minimum absolute atomic E-state index is 0.0101. The highest BCUT2D eigenvalue weighted by atomic mass is 127. The Kier molecular flexibility index (Phi) is 6.37. The van der Waals surface area contributed by atoms with Gasteiger partial charge in [-0.2, -0.15) is 5.26 Å². The Balaban J connectivity index is 2.20. The second-order valence-corrected chi connectivity index (χ2v) is 9.92. The molecule has 0 spiro atoms. The summed E-state index contributed by atoms with van der Waals surface area (Å²) in [6, 6.07) is 6.06. The van der Waals surface area contributed by atoms with Crippen molar-refractivity contribution in [2.45, 2.75) is 59.5 Å². The first-order valence-electron chi connectivity index (χ1n) is 10.1. The highest BCUT2D eigenvalue weighted by molar-refractivity contribution is 14.1. The van der Waals surface area contributed by atoms with Gasteiger partial charge >= 0.3 is 0 Å². The van der Waals surface area contributed by atoms with Crippen LogP contribution < -0.4 is 20.5 Å². The molecule has 6 nitrogen and oxygen atoms in total. The summed E-state index contributed by atoms with van der Waals surface area (Å²) >= 11 is 2.21. The number of hydrogen-bond acceptors (Lipinski definition) is 6. The molecule has 1 aromatic rings. The van der Waals surface area contributed by atoms with Gasteiger partial charge in [-0.05, 0) is 72.9 Å². The molecule has 0 saturated heterocycles. The molecular formula is C23H28IN3O3. The van der Waals surface area contributed by atoms with E-state index in [1.54, 1.807) is 0 Å². The highest BCUT2D eigenvalue weighted by Gasteiger charge is 2.41. The molecule has 2 aliphatic rings. The van der Waals surface area contributed by atoms with Crippen molar-refractivity contribution < 1.29 is 14.3 Å². The molecule has 0 saturated carbocycles. The monoisotopic (exact) mass is 521 g/mol. The summed E-state index contributed by atoms with van der Waals surface area (Å²) in [7, 11) is 0. The number of Topliss-reactive ketones (excluding diaryl/α,β-unsaturated/α-hetero) is 1. The van der Waals surface area contributed by atoms with Crippen LogP contribution in [0.5, 0.6) is 11.5 Å². The molecule has 3 N–H and O–H groups in total. The lowest BCUT2D eigenvalue weighted by Gasteiger charge is -2.38. The summed E-state index contributed by atoms with van der Waals surface area (Å²) in [6.45, 7) is 10.4. The number of halogens is 1. The van der Waals surface area contributed by atoms with Crippen LogP contribution in [0, 0.1) is 20.3 Å². The number of carbonyl (C=O) groups is 1. The third-order valence-electron chi connectivity index (χ3n) is 5.21. The van der Waals surface area contributed by atoms with Crippen LogP contribution in [0.4, 0.5) is 0 Å². The van der Waals surface area contributed by atoms with Gasteiger partial charge in [0, 0.05) is 17.7 Å². The summed E-state index contributed by atoms with van der Waals surface area (Å²) < 4.78 is 12.7. The maximum Gasteiger partial charge on any atom is 0.174 e. The maximum atomic E-state index is 13.2. The van der Waals surface area contributed by atoms with Crippen LogP contribution in [0.15, 0.2) is 34.8 Å². The van der Waals surface area contributed by atoms with Crippen molar-refractivity contribution in [3.8, 4) is 17.6 Å². The third kappa shape index (κ3) is 4.29. The van der Waals surface area contributed by atoms with Gasteiger partial charge < -0.3 is 20.5 Å². The lowest BCUT2D eigenvalue weighted by Crippen LogP contribution is -2.39. The predicted molar refractivity (Wildman–Crippen MR) is 124 cm³/mol. The van der Waals surface area contributed by atoms with E-state index >= 15 is 0 Å². The number of nitriles is 1. The molecular weight excluding hydrogens is 493 g/mol. The minimum Gasteiger partial charge on any atom is -0.490 e. The predicted octanol–water partition coefficient (Wildman–Crippen LogP) is 4.50. The van der Waals surface area contributed by atoms with E-state index in [1.165, 1.54) is 0 Å². The Morgan fingerprint density at radius 3 is 2.67 bits per heavy atom. The number of hydrogen-bond donors (Lipinski definition) is 2. The first-order valence-corrected chi connectivity index (χ1v) is 11.2. The number of benzene rings is 1. The number of ketones is 1. The standard InChI is InChI=1S/C23H28IN3O3/c1-6-29-18-8-13(7-15(24)21(18)30-12(2)3)19-14(11-25)22(26)27-16-9-23(4,5)10-17(28)20(16)19/h7-8,12,19,27H,6,9-10,26H2,1-5H3/t19-/m1/s1. The number of nitrogens with one attached hydrogen (secondary N) is 1. The van der Waals surface area contributed by atoms with Gasteiger partial charge in [0.05, 0.1) is 33.8 Å². The van der Waals surface area contributed by atoms with Gasteiger partial charge in [0.2, 0.25) is 0 Å². The number of nitrogens with zero attached hydrogens (tertiary/aromatic N) is 1. The molecule has 1 heterocycles. The van der Waals surface area contributed by atoms with Crippen LogP contribution in [0.25, 0.3) is 0 Å². The summed E-state index contributed by atoms with van der Waals surface area (Å²) in [6.07, 6.45) is 1.13. The van der Waals surface area contributed by atoms with E-state index in [0.717, 1.165) is 14.8 Å². The molecule has 1 aliphatic carbocycles.